The Bertz CT molecular complexity index is 655. The Morgan fingerprint density at radius 1 is 1.43 bits per heavy atom. The molecule has 0 unspecified atom stereocenters. The number of aromatic nitrogens is 1. The van der Waals surface area contributed by atoms with Crippen LogP contribution in [0, 0.1) is 0 Å². The van der Waals surface area contributed by atoms with Gasteiger partial charge in [-0.3, -0.25) is 4.79 Å². The van der Waals surface area contributed by atoms with Crippen LogP contribution in [0.5, 0.6) is 0 Å². The molecule has 0 N–H and O–H groups in total. The van der Waals surface area contributed by atoms with Gasteiger partial charge in [0.15, 0.2) is 5.15 Å². The van der Waals surface area contributed by atoms with Gasteiger partial charge in [-0.1, -0.05) is 35.0 Å². The van der Waals surface area contributed by atoms with Crippen molar-refractivity contribution in [1.82, 2.24) is 10.1 Å². The number of rotatable bonds is 8. The summed E-state index contributed by atoms with van der Waals surface area (Å²) in [6.07, 6.45) is 4.61. The molecule has 0 spiro atoms. The highest BCUT2D eigenvalue weighted by molar-refractivity contribution is 7.98. The van der Waals surface area contributed by atoms with E-state index in [1.165, 1.54) is 4.90 Å². The SMILES string of the molecule is C=CCN(Cc1ccc(SC)cc1)C(=O)CCc1cc(Cl)no1. The average molecular weight is 351 g/mol. The molecular weight excluding hydrogens is 332 g/mol. The maximum atomic E-state index is 12.4. The van der Waals surface area contributed by atoms with Crippen molar-refractivity contribution in [2.24, 2.45) is 0 Å². The van der Waals surface area contributed by atoms with E-state index in [0.717, 1.165) is 5.56 Å². The van der Waals surface area contributed by atoms with E-state index in [2.05, 4.69) is 23.9 Å². The Morgan fingerprint density at radius 2 is 2.17 bits per heavy atom. The molecule has 0 saturated carbocycles. The van der Waals surface area contributed by atoms with Crippen LogP contribution in [-0.2, 0) is 17.8 Å². The second-order valence-electron chi connectivity index (χ2n) is 5.03. The molecule has 4 nitrogen and oxygen atoms in total. The summed E-state index contributed by atoms with van der Waals surface area (Å²) in [6.45, 7) is 4.81. The highest BCUT2D eigenvalue weighted by Gasteiger charge is 2.14. The summed E-state index contributed by atoms with van der Waals surface area (Å²) in [4.78, 5) is 15.4. The van der Waals surface area contributed by atoms with E-state index in [1.807, 2.05) is 18.4 Å². The lowest BCUT2D eigenvalue weighted by Crippen LogP contribution is -2.30. The lowest BCUT2D eigenvalue weighted by atomic mass is 10.2. The van der Waals surface area contributed by atoms with Crippen LogP contribution in [0.25, 0.3) is 0 Å². The van der Waals surface area contributed by atoms with Crippen molar-refractivity contribution < 1.29 is 9.32 Å². The first-order valence-corrected chi connectivity index (χ1v) is 8.85. The molecule has 0 aliphatic rings. The van der Waals surface area contributed by atoms with Crippen LogP contribution in [0.1, 0.15) is 17.7 Å². The van der Waals surface area contributed by atoms with Gasteiger partial charge in [0, 0.05) is 36.9 Å². The molecule has 0 atom stereocenters. The van der Waals surface area contributed by atoms with Gasteiger partial charge in [0.2, 0.25) is 5.91 Å². The van der Waals surface area contributed by atoms with Crippen LogP contribution in [0.4, 0.5) is 0 Å². The Kier molecular flexibility index (Phi) is 6.74. The van der Waals surface area contributed by atoms with Gasteiger partial charge in [0.05, 0.1) is 0 Å². The summed E-state index contributed by atoms with van der Waals surface area (Å²) in [5.74, 6) is 0.664. The zero-order valence-electron chi connectivity index (χ0n) is 13.0. The molecule has 0 radical (unpaired) electrons. The smallest absolute Gasteiger partial charge is 0.223 e. The van der Waals surface area contributed by atoms with Gasteiger partial charge < -0.3 is 9.42 Å². The highest BCUT2D eigenvalue weighted by Crippen LogP contribution is 2.17. The molecule has 122 valence electrons. The molecule has 0 aliphatic carbocycles. The van der Waals surface area contributed by atoms with Crippen molar-refractivity contribution in [2.45, 2.75) is 24.3 Å². The summed E-state index contributed by atoms with van der Waals surface area (Å²) in [7, 11) is 0. The van der Waals surface area contributed by atoms with Gasteiger partial charge in [-0.25, -0.2) is 0 Å². The van der Waals surface area contributed by atoms with Crippen LogP contribution in [0.2, 0.25) is 5.15 Å². The number of aryl methyl sites for hydroxylation is 1. The molecule has 6 heteroatoms. The average Bonchev–Trinajstić information content (AvgIpc) is 2.98. The van der Waals surface area contributed by atoms with E-state index < -0.39 is 0 Å². The van der Waals surface area contributed by atoms with Crippen LogP contribution >= 0.6 is 23.4 Å². The standard InChI is InChI=1S/C17H19ClN2O2S/c1-3-10-20(12-13-4-7-15(23-2)8-5-13)17(21)9-6-14-11-16(18)19-22-14/h3-5,7-8,11H,1,6,9-10,12H2,2H3. The minimum atomic E-state index is 0.0476. The predicted octanol–water partition coefficient (Wildman–Crippen LogP) is 4.20. The summed E-state index contributed by atoms with van der Waals surface area (Å²) >= 11 is 7.40. The zero-order valence-corrected chi connectivity index (χ0v) is 14.6. The summed E-state index contributed by atoms with van der Waals surface area (Å²) in [6, 6.07) is 9.85. The van der Waals surface area contributed by atoms with E-state index in [4.69, 9.17) is 16.1 Å². The topological polar surface area (TPSA) is 46.3 Å². The number of hydrogen-bond donors (Lipinski definition) is 0. The lowest BCUT2D eigenvalue weighted by molar-refractivity contribution is -0.131. The van der Waals surface area contributed by atoms with E-state index in [9.17, 15) is 4.79 Å². The quantitative estimate of drug-likeness (QED) is 0.529. The van der Waals surface area contributed by atoms with Crippen molar-refractivity contribution in [3.63, 3.8) is 0 Å². The molecule has 0 aliphatic heterocycles. The van der Waals surface area contributed by atoms with Crippen molar-refractivity contribution >= 4 is 29.3 Å². The Hall–Kier alpha value is -1.72. The fourth-order valence-corrected chi connectivity index (χ4v) is 2.72. The van der Waals surface area contributed by atoms with Crippen molar-refractivity contribution in [3.05, 3.63) is 59.5 Å². The number of halogens is 1. The number of carbonyl (C=O) groups excluding carboxylic acids is 1. The third-order valence-electron chi connectivity index (χ3n) is 3.35. The first-order chi connectivity index (χ1) is 11.1. The van der Waals surface area contributed by atoms with Crippen LogP contribution in [0.15, 0.2) is 52.4 Å². The van der Waals surface area contributed by atoms with Gasteiger partial charge in [0.25, 0.3) is 0 Å². The monoisotopic (exact) mass is 350 g/mol. The van der Waals surface area contributed by atoms with Crippen molar-refractivity contribution in [3.8, 4) is 0 Å². The zero-order chi connectivity index (χ0) is 16.7. The number of hydrogen-bond acceptors (Lipinski definition) is 4. The maximum absolute atomic E-state index is 12.4. The molecule has 2 rings (SSSR count). The fraction of sp³-hybridized carbons (Fsp3) is 0.294. The van der Waals surface area contributed by atoms with Crippen molar-refractivity contribution in [2.75, 3.05) is 12.8 Å². The molecular formula is C17H19ClN2O2S. The molecule has 1 amide bonds. The normalized spacial score (nSPS) is 10.5. The van der Waals surface area contributed by atoms with Gasteiger partial charge in [-0.15, -0.1) is 18.3 Å². The Labute approximate surface area is 145 Å². The third-order valence-corrected chi connectivity index (χ3v) is 4.27. The van der Waals surface area contributed by atoms with Crippen LogP contribution in [0.3, 0.4) is 0 Å². The Balaban J connectivity index is 1.95. The first kappa shape index (κ1) is 17.6. The Morgan fingerprint density at radius 3 is 2.74 bits per heavy atom. The molecule has 1 aromatic carbocycles. The predicted molar refractivity (Wildman–Crippen MR) is 93.7 cm³/mol. The molecule has 1 heterocycles. The minimum absolute atomic E-state index is 0.0476. The van der Waals surface area contributed by atoms with Gasteiger partial charge in [-0.05, 0) is 24.0 Å². The second-order valence-corrected chi connectivity index (χ2v) is 6.29. The number of thioether (sulfide) groups is 1. The molecule has 0 fully saturated rings. The minimum Gasteiger partial charge on any atom is -0.360 e. The van der Waals surface area contributed by atoms with Gasteiger partial charge in [0.1, 0.15) is 5.76 Å². The number of benzene rings is 1. The highest BCUT2D eigenvalue weighted by atomic mass is 35.5. The fourth-order valence-electron chi connectivity index (χ4n) is 2.16. The molecule has 1 aromatic heterocycles. The summed E-state index contributed by atoms with van der Waals surface area (Å²) < 4.78 is 5.02. The van der Waals surface area contributed by atoms with Crippen LogP contribution in [-0.4, -0.2) is 28.8 Å². The summed E-state index contributed by atoms with van der Waals surface area (Å²) in [5, 5.41) is 3.92. The molecule has 2 aromatic rings. The lowest BCUT2D eigenvalue weighted by Gasteiger charge is -2.21. The van der Waals surface area contributed by atoms with E-state index >= 15 is 0 Å². The van der Waals surface area contributed by atoms with Crippen LogP contribution < -0.4 is 0 Å². The largest absolute Gasteiger partial charge is 0.360 e. The first-order valence-electron chi connectivity index (χ1n) is 7.25. The molecule has 23 heavy (non-hydrogen) atoms. The van der Waals surface area contributed by atoms with Gasteiger partial charge in [-0.2, -0.15) is 0 Å². The molecule has 0 saturated heterocycles. The van der Waals surface area contributed by atoms with Gasteiger partial charge >= 0.3 is 0 Å². The van der Waals surface area contributed by atoms with E-state index in [1.54, 1.807) is 28.8 Å². The van der Waals surface area contributed by atoms with E-state index in [-0.39, 0.29) is 5.91 Å². The third kappa shape index (κ3) is 5.44. The summed E-state index contributed by atoms with van der Waals surface area (Å²) in [5.41, 5.74) is 1.10. The second kappa shape index (κ2) is 8.79. The number of nitrogens with zero attached hydrogens (tertiary/aromatic N) is 2. The number of amides is 1. The van der Waals surface area contributed by atoms with E-state index in [0.29, 0.717) is 36.8 Å². The van der Waals surface area contributed by atoms with Crippen molar-refractivity contribution in [1.29, 1.82) is 0 Å². The number of carbonyl (C=O) groups is 1. The maximum Gasteiger partial charge on any atom is 0.223 e. The molecule has 0 bridgehead atoms.